The average Bonchev–Trinajstić information content (AvgIpc) is 2.76. The van der Waals surface area contributed by atoms with Gasteiger partial charge in [-0.1, -0.05) is 0 Å². The lowest BCUT2D eigenvalue weighted by Crippen LogP contribution is -2.23. The standard InChI is InChI=1S/C24H20O14/c1-8(25)16-17(24(34)38-12(5)29)18(19(32)13-6-14(30)20(33)15(31)7-13)22(36-10(3)27)23(37-11(4)28)21(16)35-9(2)26/h6-7,30-31,33H,1-5H3. The molecule has 0 saturated heterocycles. The van der Waals surface area contributed by atoms with Gasteiger partial charge in [0.05, 0.1) is 16.7 Å². The zero-order valence-electron chi connectivity index (χ0n) is 20.5. The van der Waals surface area contributed by atoms with Gasteiger partial charge in [-0.15, -0.1) is 0 Å². The van der Waals surface area contributed by atoms with E-state index in [1.807, 2.05) is 0 Å². The zero-order valence-corrected chi connectivity index (χ0v) is 20.5. The first-order chi connectivity index (χ1) is 17.6. The van der Waals surface area contributed by atoms with Gasteiger partial charge >= 0.3 is 29.8 Å². The highest BCUT2D eigenvalue weighted by atomic mass is 16.6. The number of ether oxygens (including phenoxy) is 4. The topological polar surface area (TPSA) is 217 Å². The van der Waals surface area contributed by atoms with Crippen LogP contribution in [-0.2, 0) is 23.9 Å². The smallest absolute Gasteiger partial charge is 0.347 e. The van der Waals surface area contributed by atoms with E-state index in [4.69, 9.17) is 14.2 Å². The van der Waals surface area contributed by atoms with Gasteiger partial charge in [0.2, 0.25) is 5.75 Å². The molecule has 0 aliphatic heterocycles. The molecule has 0 fully saturated rings. The van der Waals surface area contributed by atoms with Gasteiger partial charge in [-0.25, -0.2) is 4.79 Å². The number of ketones is 2. The normalized spacial score (nSPS) is 10.2. The third kappa shape index (κ3) is 6.10. The van der Waals surface area contributed by atoms with Crippen LogP contribution in [0.2, 0.25) is 0 Å². The van der Waals surface area contributed by atoms with E-state index < -0.39 is 98.2 Å². The number of aromatic hydroxyl groups is 3. The van der Waals surface area contributed by atoms with Crippen LogP contribution < -0.4 is 14.2 Å². The van der Waals surface area contributed by atoms with E-state index in [0.717, 1.165) is 34.6 Å². The maximum Gasteiger partial charge on any atom is 0.347 e. The highest BCUT2D eigenvalue weighted by Gasteiger charge is 2.39. The summed E-state index contributed by atoms with van der Waals surface area (Å²) in [7, 11) is 0. The highest BCUT2D eigenvalue weighted by Crippen LogP contribution is 2.48. The number of carbonyl (C=O) groups excluding carboxylic acids is 7. The summed E-state index contributed by atoms with van der Waals surface area (Å²) in [6.45, 7) is 4.28. The Kier molecular flexibility index (Phi) is 8.53. The van der Waals surface area contributed by atoms with Gasteiger partial charge in [-0.05, 0) is 19.1 Å². The Morgan fingerprint density at radius 1 is 0.579 bits per heavy atom. The first-order valence-electron chi connectivity index (χ1n) is 10.4. The van der Waals surface area contributed by atoms with Crippen molar-refractivity contribution in [1.29, 1.82) is 0 Å². The van der Waals surface area contributed by atoms with Crippen molar-refractivity contribution in [2.45, 2.75) is 34.6 Å². The maximum atomic E-state index is 13.7. The molecular formula is C24H20O14. The highest BCUT2D eigenvalue weighted by molar-refractivity contribution is 6.22. The number of esters is 5. The van der Waals surface area contributed by atoms with Crippen molar-refractivity contribution < 1.29 is 67.8 Å². The molecule has 2 aromatic carbocycles. The minimum Gasteiger partial charge on any atom is -0.504 e. The van der Waals surface area contributed by atoms with Crippen LogP contribution in [-0.4, -0.2) is 56.7 Å². The van der Waals surface area contributed by atoms with Gasteiger partial charge in [0.15, 0.2) is 40.3 Å². The van der Waals surface area contributed by atoms with Gasteiger partial charge < -0.3 is 34.3 Å². The molecule has 0 atom stereocenters. The lowest BCUT2D eigenvalue weighted by Gasteiger charge is -2.22. The van der Waals surface area contributed by atoms with Crippen LogP contribution >= 0.6 is 0 Å². The summed E-state index contributed by atoms with van der Waals surface area (Å²) in [5.41, 5.74) is -3.60. The van der Waals surface area contributed by atoms with E-state index in [1.54, 1.807) is 0 Å². The maximum absolute atomic E-state index is 13.7. The molecule has 0 aliphatic rings. The Balaban J connectivity index is 3.27. The van der Waals surface area contributed by atoms with Crippen molar-refractivity contribution in [3.05, 3.63) is 34.4 Å². The molecule has 0 spiro atoms. The molecule has 38 heavy (non-hydrogen) atoms. The summed E-state index contributed by atoms with van der Waals surface area (Å²) in [5.74, 6) is -14.5. The number of Topliss-reactive ketones (excluding diaryl/α,β-unsaturated/α-hetero) is 1. The molecule has 0 aromatic heterocycles. The Hall–Kier alpha value is -5.27. The molecule has 0 saturated carbocycles. The second-order valence-electron chi connectivity index (χ2n) is 7.52. The quantitative estimate of drug-likeness (QED) is 0.152. The summed E-state index contributed by atoms with van der Waals surface area (Å²) in [6, 6.07) is 1.29. The largest absolute Gasteiger partial charge is 0.504 e. The van der Waals surface area contributed by atoms with Crippen LogP contribution in [0.5, 0.6) is 34.5 Å². The third-order valence-electron chi connectivity index (χ3n) is 4.46. The minimum absolute atomic E-state index is 0.647. The number of phenols is 3. The van der Waals surface area contributed by atoms with Crippen LogP contribution in [0.4, 0.5) is 0 Å². The average molecular weight is 532 g/mol. The first kappa shape index (κ1) is 29.0. The number of carbonyl (C=O) groups is 7. The molecule has 0 unspecified atom stereocenters. The van der Waals surface area contributed by atoms with Crippen LogP contribution in [0.25, 0.3) is 0 Å². The Morgan fingerprint density at radius 2 is 1.00 bits per heavy atom. The summed E-state index contributed by atoms with van der Waals surface area (Å²) in [5, 5.41) is 29.4. The van der Waals surface area contributed by atoms with Crippen molar-refractivity contribution in [1.82, 2.24) is 0 Å². The number of hydrogen-bond acceptors (Lipinski definition) is 14. The van der Waals surface area contributed by atoms with Crippen LogP contribution in [0.15, 0.2) is 12.1 Å². The van der Waals surface area contributed by atoms with E-state index in [0.29, 0.717) is 12.1 Å². The van der Waals surface area contributed by atoms with Crippen molar-refractivity contribution in [2.75, 3.05) is 0 Å². The molecule has 200 valence electrons. The molecule has 0 aliphatic carbocycles. The summed E-state index contributed by atoms with van der Waals surface area (Å²) in [6.07, 6.45) is 0. The summed E-state index contributed by atoms with van der Waals surface area (Å²) >= 11 is 0. The number of hydrogen-bond donors (Lipinski definition) is 3. The number of phenolic OH excluding ortho intramolecular Hbond substituents is 3. The molecular weight excluding hydrogens is 512 g/mol. The molecule has 0 heterocycles. The van der Waals surface area contributed by atoms with Crippen molar-refractivity contribution in [3.8, 4) is 34.5 Å². The minimum atomic E-state index is -1.64. The molecule has 2 rings (SSSR count). The predicted molar refractivity (Wildman–Crippen MR) is 121 cm³/mol. The molecule has 0 bridgehead atoms. The lowest BCUT2D eigenvalue weighted by atomic mass is 9.90. The summed E-state index contributed by atoms with van der Waals surface area (Å²) in [4.78, 5) is 86.8. The zero-order chi connectivity index (χ0) is 29.1. The molecule has 0 radical (unpaired) electrons. The van der Waals surface area contributed by atoms with Crippen molar-refractivity contribution in [2.24, 2.45) is 0 Å². The lowest BCUT2D eigenvalue weighted by molar-refractivity contribution is -0.136. The van der Waals surface area contributed by atoms with E-state index in [9.17, 15) is 48.9 Å². The summed E-state index contributed by atoms with van der Waals surface area (Å²) < 4.78 is 19.6. The van der Waals surface area contributed by atoms with Crippen LogP contribution in [0, 0.1) is 0 Å². The van der Waals surface area contributed by atoms with Gasteiger partial charge in [-0.3, -0.25) is 28.8 Å². The van der Waals surface area contributed by atoms with E-state index in [2.05, 4.69) is 4.74 Å². The third-order valence-corrected chi connectivity index (χ3v) is 4.46. The molecule has 14 heteroatoms. The van der Waals surface area contributed by atoms with Gasteiger partial charge in [0, 0.05) is 33.3 Å². The van der Waals surface area contributed by atoms with Crippen molar-refractivity contribution >= 4 is 41.4 Å². The van der Waals surface area contributed by atoms with E-state index in [-0.39, 0.29) is 0 Å². The predicted octanol–water partition coefficient (Wildman–Crippen LogP) is 1.72. The Bertz CT molecular complexity index is 1390. The Labute approximate surface area is 213 Å². The van der Waals surface area contributed by atoms with Gasteiger partial charge in [0.25, 0.3) is 0 Å². The van der Waals surface area contributed by atoms with E-state index in [1.165, 1.54) is 0 Å². The van der Waals surface area contributed by atoms with Gasteiger partial charge in [-0.2, -0.15) is 0 Å². The van der Waals surface area contributed by atoms with Crippen LogP contribution in [0.1, 0.15) is 71.3 Å². The SMILES string of the molecule is CC(=O)OC(=O)c1c(C(C)=O)c(OC(C)=O)c(OC(C)=O)c(OC(C)=O)c1C(=O)c1cc(O)c(O)c(O)c1. The number of rotatable bonds is 7. The van der Waals surface area contributed by atoms with Crippen molar-refractivity contribution in [3.63, 3.8) is 0 Å². The molecule has 14 nitrogen and oxygen atoms in total. The first-order valence-corrected chi connectivity index (χ1v) is 10.4. The fourth-order valence-corrected chi connectivity index (χ4v) is 3.22. The molecule has 3 N–H and O–H groups in total. The Morgan fingerprint density at radius 3 is 1.39 bits per heavy atom. The molecule has 2 aromatic rings. The number of benzene rings is 2. The monoisotopic (exact) mass is 532 g/mol. The second kappa shape index (κ2) is 11.2. The fourth-order valence-electron chi connectivity index (χ4n) is 3.22. The van der Waals surface area contributed by atoms with Gasteiger partial charge in [0.1, 0.15) is 0 Å². The molecule has 0 amide bonds. The second-order valence-corrected chi connectivity index (χ2v) is 7.52. The fraction of sp³-hybridized carbons (Fsp3) is 0.208. The van der Waals surface area contributed by atoms with Crippen LogP contribution in [0.3, 0.4) is 0 Å². The van der Waals surface area contributed by atoms with E-state index >= 15 is 0 Å².